The van der Waals surface area contributed by atoms with Gasteiger partial charge in [0.05, 0.1) is 6.42 Å². The Morgan fingerprint density at radius 3 is 2.52 bits per heavy atom. The van der Waals surface area contributed by atoms with Crippen LogP contribution in [0.25, 0.3) is 0 Å². The van der Waals surface area contributed by atoms with Crippen molar-refractivity contribution in [3.8, 4) is 0 Å². The van der Waals surface area contributed by atoms with E-state index in [-0.39, 0.29) is 18.5 Å². The first-order chi connectivity index (χ1) is 9.99. The minimum Gasteiger partial charge on any atom is -0.481 e. The molecule has 0 radical (unpaired) electrons. The number of rotatable bonds is 6. The van der Waals surface area contributed by atoms with Gasteiger partial charge >= 0.3 is 12.0 Å². The number of urea groups is 1. The fourth-order valence-electron chi connectivity index (χ4n) is 2.44. The van der Waals surface area contributed by atoms with Crippen molar-refractivity contribution in [2.24, 2.45) is 5.92 Å². The van der Waals surface area contributed by atoms with Crippen molar-refractivity contribution < 1.29 is 14.7 Å². The summed E-state index contributed by atoms with van der Waals surface area (Å²) in [7, 11) is 1.81. The summed E-state index contributed by atoms with van der Waals surface area (Å²) in [6, 6.07) is 7.43. The van der Waals surface area contributed by atoms with Crippen molar-refractivity contribution in [1.82, 2.24) is 10.2 Å². The van der Waals surface area contributed by atoms with E-state index in [0.29, 0.717) is 12.5 Å². The lowest BCUT2D eigenvalue weighted by molar-refractivity contribution is -0.136. The number of carbonyl (C=O) groups excluding carboxylic acids is 1. The van der Waals surface area contributed by atoms with Crippen molar-refractivity contribution in [1.29, 1.82) is 0 Å². The van der Waals surface area contributed by atoms with Crippen LogP contribution in [-0.4, -0.2) is 35.1 Å². The number of hydrogen-bond acceptors (Lipinski definition) is 2. The number of benzene rings is 1. The molecule has 21 heavy (non-hydrogen) atoms. The zero-order valence-corrected chi connectivity index (χ0v) is 12.5. The van der Waals surface area contributed by atoms with Gasteiger partial charge in [-0.05, 0) is 36.8 Å². The summed E-state index contributed by atoms with van der Waals surface area (Å²) in [6.07, 6.45) is 2.36. The van der Waals surface area contributed by atoms with Crippen LogP contribution in [0.1, 0.15) is 30.9 Å². The lowest BCUT2D eigenvalue weighted by Crippen LogP contribution is -2.43. The monoisotopic (exact) mass is 290 g/mol. The standard InChI is InChI=1S/C16H22N2O3/c1-11(12-7-8-12)18(2)16(21)17-10-14-6-4-3-5-13(14)9-15(19)20/h3-6,11-12H,7-10H2,1-2H3,(H,17,21)(H,19,20). The molecule has 1 aromatic rings. The Labute approximate surface area is 125 Å². The number of carboxylic acids is 1. The molecule has 0 bridgehead atoms. The predicted molar refractivity (Wildman–Crippen MR) is 80.0 cm³/mol. The van der Waals surface area contributed by atoms with Crippen molar-refractivity contribution in [2.45, 2.75) is 38.8 Å². The predicted octanol–water partition coefficient (Wildman–Crippen LogP) is 2.25. The van der Waals surface area contributed by atoms with Gasteiger partial charge in [-0.3, -0.25) is 4.79 Å². The molecule has 1 saturated carbocycles. The summed E-state index contributed by atoms with van der Waals surface area (Å²) in [5.74, 6) is -0.242. The topological polar surface area (TPSA) is 69.6 Å². The third-order valence-electron chi connectivity index (χ3n) is 4.13. The molecule has 1 aliphatic carbocycles. The molecule has 0 aromatic heterocycles. The summed E-state index contributed by atoms with van der Waals surface area (Å²) in [5, 5.41) is 11.8. The first-order valence-corrected chi connectivity index (χ1v) is 7.28. The average Bonchev–Trinajstić information content (AvgIpc) is 3.28. The third-order valence-corrected chi connectivity index (χ3v) is 4.13. The molecule has 0 heterocycles. The van der Waals surface area contributed by atoms with Gasteiger partial charge in [0.2, 0.25) is 0 Å². The van der Waals surface area contributed by atoms with E-state index in [1.807, 2.05) is 25.2 Å². The summed E-state index contributed by atoms with van der Waals surface area (Å²) in [6.45, 7) is 2.42. The van der Waals surface area contributed by atoms with Gasteiger partial charge in [0.15, 0.2) is 0 Å². The Balaban J connectivity index is 1.92. The number of hydrogen-bond donors (Lipinski definition) is 2. The highest BCUT2D eigenvalue weighted by Crippen LogP contribution is 2.34. The second kappa shape index (κ2) is 6.61. The van der Waals surface area contributed by atoms with Crippen LogP contribution in [0.5, 0.6) is 0 Å². The average molecular weight is 290 g/mol. The number of nitrogens with zero attached hydrogens (tertiary/aromatic N) is 1. The molecular formula is C16H22N2O3. The van der Waals surface area contributed by atoms with E-state index < -0.39 is 5.97 Å². The first kappa shape index (κ1) is 15.4. The van der Waals surface area contributed by atoms with E-state index in [1.54, 1.807) is 11.0 Å². The van der Waals surface area contributed by atoms with Gasteiger partial charge in [0.1, 0.15) is 0 Å². The van der Waals surface area contributed by atoms with Crippen LogP contribution >= 0.6 is 0 Å². The molecular weight excluding hydrogens is 268 g/mol. The van der Waals surface area contributed by atoms with Gasteiger partial charge < -0.3 is 15.3 Å². The van der Waals surface area contributed by atoms with Crippen molar-refractivity contribution in [3.05, 3.63) is 35.4 Å². The summed E-state index contributed by atoms with van der Waals surface area (Å²) >= 11 is 0. The third kappa shape index (κ3) is 4.21. The molecule has 0 spiro atoms. The number of carbonyl (C=O) groups is 2. The molecule has 2 N–H and O–H groups in total. The summed E-state index contributed by atoms with van der Waals surface area (Å²) < 4.78 is 0. The van der Waals surface area contributed by atoms with Crippen LogP contribution in [0, 0.1) is 5.92 Å². The molecule has 1 aromatic carbocycles. The highest BCUT2D eigenvalue weighted by atomic mass is 16.4. The Hall–Kier alpha value is -2.04. The Morgan fingerprint density at radius 2 is 1.95 bits per heavy atom. The van der Waals surface area contributed by atoms with E-state index in [4.69, 9.17) is 5.11 Å². The van der Waals surface area contributed by atoms with Crippen LogP contribution in [-0.2, 0) is 17.8 Å². The van der Waals surface area contributed by atoms with E-state index >= 15 is 0 Å². The van der Waals surface area contributed by atoms with E-state index in [0.717, 1.165) is 11.1 Å². The molecule has 114 valence electrons. The van der Waals surface area contributed by atoms with Crippen molar-refractivity contribution >= 4 is 12.0 Å². The zero-order chi connectivity index (χ0) is 15.4. The van der Waals surface area contributed by atoms with Gasteiger partial charge in [-0.2, -0.15) is 0 Å². The zero-order valence-electron chi connectivity index (χ0n) is 12.5. The van der Waals surface area contributed by atoms with Gasteiger partial charge in [0, 0.05) is 19.6 Å². The number of nitrogens with one attached hydrogen (secondary N) is 1. The minimum atomic E-state index is -0.867. The van der Waals surface area contributed by atoms with Gasteiger partial charge in [-0.25, -0.2) is 4.79 Å². The van der Waals surface area contributed by atoms with Gasteiger partial charge in [-0.15, -0.1) is 0 Å². The molecule has 2 amide bonds. The Bertz CT molecular complexity index is 526. The van der Waals surface area contributed by atoms with E-state index in [9.17, 15) is 9.59 Å². The van der Waals surface area contributed by atoms with Crippen LogP contribution in [0.2, 0.25) is 0 Å². The lowest BCUT2D eigenvalue weighted by atomic mass is 10.0. The SMILES string of the molecule is CC(C1CC1)N(C)C(=O)NCc1ccccc1CC(=O)O. The highest BCUT2D eigenvalue weighted by molar-refractivity contribution is 5.74. The minimum absolute atomic E-state index is 0.0274. The molecule has 0 aliphatic heterocycles. The fourth-order valence-corrected chi connectivity index (χ4v) is 2.44. The van der Waals surface area contributed by atoms with Gasteiger partial charge in [0.25, 0.3) is 0 Å². The van der Waals surface area contributed by atoms with Crippen LogP contribution < -0.4 is 5.32 Å². The van der Waals surface area contributed by atoms with Crippen molar-refractivity contribution in [2.75, 3.05) is 7.05 Å². The summed E-state index contributed by atoms with van der Waals surface area (Å²) in [5.41, 5.74) is 1.59. The molecule has 1 atom stereocenters. The normalized spacial score (nSPS) is 15.3. The molecule has 0 saturated heterocycles. The molecule has 1 unspecified atom stereocenters. The van der Waals surface area contributed by atoms with Crippen LogP contribution in [0.4, 0.5) is 4.79 Å². The quantitative estimate of drug-likeness (QED) is 0.844. The van der Waals surface area contributed by atoms with Crippen molar-refractivity contribution in [3.63, 3.8) is 0 Å². The molecule has 2 rings (SSSR count). The fraction of sp³-hybridized carbons (Fsp3) is 0.500. The maximum absolute atomic E-state index is 12.1. The smallest absolute Gasteiger partial charge is 0.317 e. The highest BCUT2D eigenvalue weighted by Gasteiger charge is 2.32. The maximum atomic E-state index is 12.1. The van der Waals surface area contributed by atoms with Gasteiger partial charge in [-0.1, -0.05) is 24.3 Å². The van der Waals surface area contributed by atoms with E-state index in [2.05, 4.69) is 12.2 Å². The second-order valence-electron chi connectivity index (χ2n) is 5.69. The van der Waals surface area contributed by atoms with Crippen LogP contribution in [0.15, 0.2) is 24.3 Å². The maximum Gasteiger partial charge on any atom is 0.317 e. The molecule has 1 fully saturated rings. The lowest BCUT2D eigenvalue weighted by Gasteiger charge is -2.25. The second-order valence-corrected chi connectivity index (χ2v) is 5.69. The molecule has 5 nitrogen and oxygen atoms in total. The number of aliphatic carboxylic acids is 1. The largest absolute Gasteiger partial charge is 0.481 e. The Kier molecular flexibility index (Phi) is 4.83. The molecule has 1 aliphatic rings. The summed E-state index contributed by atoms with van der Waals surface area (Å²) in [4.78, 5) is 24.7. The number of carboxylic acid groups (broad SMARTS) is 1. The first-order valence-electron chi connectivity index (χ1n) is 7.28. The Morgan fingerprint density at radius 1 is 1.33 bits per heavy atom. The number of amides is 2. The van der Waals surface area contributed by atoms with E-state index in [1.165, 1.54) is 12.8 Å². The molecule has 5 heteroatoms. The van der Waals surface area contributed by atoms with Crippen LogP contribution in [0.3, 0.4) is 0 Å².